The van der Waals surface area contributed by atoms with E-state index >= 15 is 0 Å². The third-order valence-electron chi connectivity index (χ3n) is 0.996. The molecule has 67 valence electrons. The van der Waals surface area contributed by atoms with Gasteiger partial charge in [-0.15, -0.1) is 0 Å². The average Bonchev–Trinajstić information content (AvgIpc) is 1.89. The van der Waals surface area contributed by atoms with Crippen LogP contribution in [0.1, 0.15) is 40.5 Å². The van der Waals surface area contributed by atoms with Gasteiger partial charge in [-0.05, 0) is 13.8 Å². The largest absolute Gasteiger partial charge is 0.300 e. The van der Waals surface area contributed by atoms with Crippen molar-refractivity contribution in [1.82, 2.24) is 0 Å². The molecule has 0 saturated carbocycles. The van der Waals surface area contributed by atoms with Crippen LogP contribution in [-0.4, -0.2) is 11.6 Å². The van der Waals surface area contributed by atoms with Gasteiger partial charge in [-0.25, -0.2) is 0 Å². The van der Waals surface area contributed by atoms with E-state index in [4.69, 9.17) is 0 Å². The van der Waals surface area contributed by atoms with Crippen molar-refractivity contribution in [3.05, 3.63) is 0 Å². The van der Waals surface area contributed by atoms with Gasteiger partial charge in [0.1, 0.15) is 11.6 Å². The van der Waals surface area contributed by atoms with Gasteiger partial charge >= 0.3 is 0 Å². The van der Waals surface area contributed by atoms with E-state index in [9.17, 15) is 9.59 Å². The van der Waals surface area contributed by atoms with Crippen LogP contribution in [0.5, 0.6) is 0 Å². The predicted molar refractivity (Wildman–Crippen MR) is 41.9 cm³/mol. The third kappa shape index (κ3) is 35.9. The minimum absolute atomic E-state index is 0. The summed E-state index contributed by atoms with van der Waals surface area (Å²) in [4.78, 5) is 19.6. The van der Waals surface area contributed by atoms with E-state index in [0.717, 1.165) is 0 Å². The molecular formula is C8H16EuO2. The van der Waals surface area contributed by atoms with Gasteiger partial charge in [0.15, 0.2) is 0 Å². The maximum absolute atomic E-state index is 9.81. The van der Waals surface area contributed by atoms with Crippen LogP contribution in [0.4, 0.5) is 0 Å². The Bertz CT molecular complexity index is 96.7. The number of Topliss-reactive ketones (excluding diaryl/α,β-unsaturated/α-hetero) is 2. The molecular weight excluding hydrogens is 280 g/mol. The first-order chi connectivity index (χ1) is 4.54. The summed E-state index contributed by atoms with van der Waals surface area (Å²) in [7, 11) is 0. The molecule has 0 aliphatic heterocycles. The Balaban J connectivity index is -0.000000107. The van der Waals surface area contributed by atoms with Crippen molar-refractivity contribution >= 4 is 11.6 Å². The van der Waals surface area contributed by atoms with E-state index < -0.39 is 0 Å². The fourth-order valence-corrected chi connectivity index (χ4v) is 0. The van der Waals surface area contributed by atoms with Gasteiger partial charge in [0.2, 0.25) is 0 Å². The van der Waals surface area contributed by atoms with Crippen LogP contribution in [0.25, 0.3) is 0 Å². The zero-order valence-corrected chi connectivity index (χ0v) is 10.0. The minimum Gasteiger partial charge on any atom is -0.300 e. The number of ketones is 2. The Hall–Kier alpha value is 0.924. The number of carbonyl (C=O) groups excluding carboxylic acids is 2. The molecule has 1 radical (unpaired) electrons. The molecule has 0 unspecified atom stereocenters. The van der Waals surface area contributed by atoms with Crippen LogP contribution in [0.2, 0.25) is 0 Å². The summed E-state index contributed by atoms with van der Waals surface area (Å²) in [5.74, 6) is 0.509. The molecule has 0 heterocycles. The van der Waals surface area contributed by atoms with E-state index in [1.54, 1.807) is 13.8 Å². The second-order valence-corrected chi connectivity index (χ2v) is 2.11. The number of hydrogen-bond donors (Lipinski definition) is 0. The maximum Gasteiger partial charge on any atom is 0.129 e. The summed E-state index contributed by atoms with van der Waals surface area (Å²) in [6.07, 6.45) is 1.33. The van der Waals surface area contributed by atoms with Gasteiger partial charge in [0.05, 0.1) is 0 Å². The average molecular weight is 296 g/mol. The van der Waals surface area contributed by atoms with Crippen LogP contribution in [0, 0.1) is 49.4 Å². The predicted octanol–water partition coefficient (Wildman–Crippen LogP) is 1.97. The second kappa shape index (κ2) is 13.5. The molecule has 0 saturated heterocycles. The Morgan fingerprint density at radius 3 is 1.00 bits per heavy atom. The van der Waals surface area contributed by atoms with Crippen LogP contribution in [0.15, 0.2) is 0 Å². The first-order valence-electron chi connectivity index (χ1n) is 3.53. The molecule has 3 heteroatoms. The fraction of sp³-hybridized carbons (Fsp3) is 0.750. The van der Waals surface area contributed by atoms with Crippen molar-refractivity contribution in [1.29, 1.82) is 0 Å². The third-order valence-corrected chi connectivity index (χ3v) is 0.996. The molecule has 0 aliphatic carbocycles. The summed E-state index contributed by atoms with van der Waals surface area (Å²) in [6, 6.07) is 0. The molecule has 2 nitrogen and oxygen atoms in total. The van der Waals surface area contributed by atoms with Gasteiger partial charge in [0, 0.05) is 62.2 Å². The van der Waals surface area contributed by atoms with Crippen molar-refractivity contribution in [2.75, 3.05) is 0 Å². The number of rotatable bonds is 2. The molecule has 0 rings (SSSR count). The van der Waals surface area contributed by atoms with E-state index in [1.807, 2.05) is 13.8 Å². The first-order valence-corrected chi connectivity index (χ1v) is 3.53. The van der Waals surface area contributed by atoms with E-state index in [-0.39, 0.29) is 60.9 Å². The fourth-order valence-electron chi connectivity index (χ4n) is 0. The molecule has 0 atom stereocenters. The molecule has 0 aromatic heterocycles. The topological polar surface area (TPSA) is 34.1 Å². The first kappa shape index (κ1) is 17.9. The summed E-state index contributed by atoms with van der Waals surface area (Å²) in [5.41, 5.74) is 0. The van der Waals surface area contributed by atoms with Gasteiger partial charge in [0.25, 0.3) is 0 Å². The van der Waals surface area contributed by atoms with Crippen molar-refractivity contribution in [2.24, 2.45) is 0 Å². The molecule has 0 fully saturated rings. The van der Waals surface area contributed by atoms with Gasteiger partial charge in [-0.3, -0.25) is 0 Å². The smallest absolute Gasteiger partial charge is 0.129 e. The van der Waals surface area contributed by atoms with Crippen LogP contribution >= 0.6 is 0 Å². The maximum atomic E-state index is 9.81. The Morgan fingerprint density at radius 1 is 0.909 bits per heavy atom. The van der Waals surface area contributed by atoms with Crippen LogP contribution < -0.4 is 0 Å². The molecule has 0 aromatic rings. The monoisotopic (exact) mass is 297 g/mol. The van der Waals surface area contributed by atoms with Crippen molar-refractivity contribution in [2.45, 2.75) is 40.5 Å². The Morgan fingerprint density at radius 2 is 1.00 bits per heavy atom. The van der Waals surface area contributed by atoms with Crippen LogP contribution in [0.3, 0.4) is 0 Å². The zero-order chi connectivity index (χ0) is 8.57. The van der Waals surface area contributed by atoms with Crippen molar-refractivity contribution < 1.29 is 59.0 Å². The SMILES string of the molecule is CCC(C)=O.CCC(C)=O.[Eu]. The minimum atomic E-state index is 0. The van der Waals surface area contributed by atoms with E-state index in [2.05, 4.69) is 0 Å². The van der Waals surface area contributed by atoms with Crippen molar-refractivity contribution in [3.63, 3.8) is 0 Å². The Labute approximate surface area is 110 Å². The van der Waals surface area contributed by atoms with Crippen LogP contribution in [-0.2, 0) is 9.59 Å². The quantitative estimate of drug-likeness (QED) is 0.781. The van der Waals surface area contributed by atoms with E-state index in [0.29, 0.717) is 12.8 Å². The zero-order valence-electron chi connectivity index (χ0n) is 7.61. The summed E-state index contributed by atoms with van der Waals surface area (Å²) < 4.78 is 0. The molecule has 0 aromatic carbocycles. The molecule has 0 spiro atoms. The number of carbonyl (C=O) groups is 2. The van der Waals surface area contributed by atoms with E-state index in [1.165, 1.54) is 0 Å². The molecule has 0 amide bonds. The summed E-state index contributed by atoms with van der Waals surface area (Å²) in [6.45, 7) is 6.87. The van der Waals surface area contributed by atoms with Gasteiger partial charge in [-0.2, -0.15) is 0 Å². The Kier molecular flexibility index (Phi) is 21.9. The second-order valence-electron chi connectivity index (χ2n) is 2.11. The molecule has 0 N–H and O–H groups in total. The van der Waals surface area contributed by atoms with Gasteiger partial charge in [-0.1, -0.05) is 13.8 Å². The molecule has 11 heavy (non-hydrogen) atoms. The molecule has 0 bridgehead atoms. The molecule has 0 aliphatic rings. The summed E-state index contributed by atoms with van der Waals surface area (Å²) >= 11 is 0. The number of hydrogen-bond acceptors (Lipinski definition) is 2. The van der Waals surface area contributed by atoms with Gasteiger partial charge < -0.3 is 9.59 Å². The standard InChI is InChI=1S/2C4H8O.Eu/c2*1-3-4(2)5;/h2*3H2,1-2H3;. The summed E-state index contributed by atoms with van der Waals surface area (Å²) in [5, 5.41) is 0. The normalized spacial score (nSPS) is 6.91. The van der Waals surface area contributed by atoms with Crippen molar-refractivity contribution in [3.8, 4) is 0 Å².